The molecule has 2 aromatic heterocycles. The van der Waals surface area contributed by atoms with Crippen molar-refractivity contribution in [1.82, 2.24) is 19.9 Å². The summed E-state index contributed by atoms with van der Waals surface area (Å²) in [6.45, 7) is 0.888. The van der Waals surface area contributed by atoms with E-state index in [-0.39, 0.29) is 5.02 Å². The van der Waals surface area contributed by atoms with Gasteiger partial charge in [-0.25, -0.2) is 14.4 Å². The van der Waals surface area contributed by atoms with Crippen LogP contribution in [0.5, 0.6) is 0 Å². The van der Waals surface area contributed by atoms with Crippen LogP contribution in [0.2, 0.25) is 5.02 Å². The molecule has 0 amide bonds. The monoisotopic (exact) mass is 428 g/mol. The molecule has 4 rings (SSSR count). The number of rotatable bonds is 6. The molecule has 0 spiro atoms. The molecule has 6 nitrogen and oxygen atoms in total. The molecular weight excluding hydrogens is 411 g/mol. The standard InChI is InChI=1S/C20H18ClFN6S/c1-28(2)10-12-3-5-13(6-4-12)26-20-27-19-17(29-20)18(23-11-24-19)25-14-7-8-16(22)15(21)9-14/h3-9,11H,10H2,1-2H3,(H2,23,24,25,26,27). The Balaban J connectivity index is 1.56. The number of nitrogens with zero attached hydrogens (tertiary/aromatic N) is 4. The van der Waals surface area contributed by atoms with Gasteiger partial charge in [-0.15, -0.1) is 0 Å². The van der Waals surface area contributed by atoms with E-state index in [2.05, 4.69) is 42.6 Å². The fraction of sp³-hybridized carbons (Fsp3) is 0.150. The molecule has 0 bridgehead atoms. The highest BCUT2D eigenvalue weighted by atomic mass is 35.5. The van der Waals surface area contributed by atoms with Crippen LogP contribution in [-0.4, -0.2) is 33.9 Å². The fourth-order valence-corrected chi connectivity index (χ4v) is 3.85. The molecule has 2 heterocycles. The number of aromatic nitrogens is 3. The summed E-state index contributed by atoms with van der Waals surface area (Å²) in [7, 11) is 4.08. The minimum absolute atomic E-state index is 0.0460. The van der Waals surface area contributed by atoms with Gasteiger partial charge in [0.1, 0.15) is 16.8 Å². The molecule has 0 aliphatic heterocycles. The number of halogens is 2. The molecule has 0 aliphatic rings. The van der Waals surface area contributed by atoms with Crippen molar-refractivity contribution >= 4 is 55.6 Å². The van der Waals surface area contributed by atoms with Gasteiger partial charge >= 0.3 is 0 Å². The first-order valence-corrected chi connectivity index (χ1v) is 10.0. The predicted molar refractivity (Wildman–Crippen MR) is 117 cm³/mol. The molecule has 0 saturated heterocycles. The molecule has 2 aromatic carbocycles. The predicted octanol–water partition coefficient (Wildman–Crippen LogP) is 5.43. The van der Waals surface area contributed by atoms with Gasteiger partial charge in [0.05, 0.1) is 5.02 Å². The van der Waals surface area contributed by atoms with Crippen LogP contribution in [0.25, 0.3) is 10.3 Å². The number of thiazole rings is 1. The zero-order valence-electron chi connectivity index (χ0n) is 15.8. The molecular formula is C20H18ClFN6S. The highest BCUT2D eigenvalue weighted by Crippen LogP contribution is 2.33. The van der Waals surface area contributed by atoms with Crippen molar-refractivity contribution in [2.75, 3.05) is 24.7 Å². The SMILES string of the molecule is CN(C)Cc1ccc(Nc2nc3ncnc(Nc4ccc(F)c(Cl)c4)c3s2)cc1. The minimum Gasteiger partial charge on any atom is -0.339 e. The van der Waals surface area contributed by atoms with Crippen molar-refractivity contribution in [3.05, 3.63) is 65.2 Å². The summed E-state index contributed by atoms with van der Waals surface area (Å²) in [6.07, 6.45) is 1.44. The van der Waals surface area contributed by atoms with Crippen molar-refractivity contribution < 1.29 is 4.39 Å². The second-order valence-electron chi connectivity index (χ2n) is 6.71. The number of anilines is 4. The van der Waals surface area contributed by atoms with Gasteiger partial charge in [-0.2, -0.15) is 4.98 Å². The Morgan fingerprint density at radius 1 is 1.03 bits per heavy atom. The summed E-state index contributed by atoms with van der Waals surface area (Å²) >= 11 is 7.30. The van der Waals surface area contributed by atoms with Crippen molar-refractivity contribution in [1.29, 1.82) is 0 Å². The molecule has 29 heavy (non-hydrogen) atoms. The topological polar surface area (TPSA) is 66.0 Å². The van der Waals surface area contributed by atoms with Gasteiger partial charge in [-0.3, -0.25) is 0 Å². The third kappa shape index (κ3) is 4.61. The van der Waals surface area contributed by atoms with Crippen molar-refractivity contribution in [3.63, 3.8) is 0 Å². The zero-order valence-corrected chi connectivity index (χ0v) is 17.4. The normalized spacial score (nSPS) is 11.2. The van der Waals surface area contributed by atoms with Gasteiger partial charge in [0.25, 0.3) is 0 Å². The lowest BCUT2D eigenvalue weighted by molar-refractivity contribution is 0.402. The van der Waals surface area contributed by atoms with Gasteiger partial charge in [-0.1, -0.05) is 35.1 Å². The Bertz CT molecular complexity index is 1150. The maximum atomic E-state index is 13.4. The molecule has 0 aliphatic carbocycles. The van der Waals surface area contributed by atoms with Crippen molar-refractivity contribution in [3.8, 4) is 0 Å². The molecule has 2 N–H and O–H groups in total. The summed E-state index contributed by atoms with van der Waals surface area (Å²) in [6, 6.07) is 12.6. The van der Waals surface area contributed by atoms with Crippen LogP contribution in [-0.2, 0) is 6.54 Å². The molecule has 0 fully saturated rings. The fourth-order valence-electron chi connectivity index (χ4n) is 2.79. The van der Waals surface area contributed by atoms with E-state index in [9.17, 15) is 4.39 Å². The molecule has 9 heteroatoms. The van der Waals surface area contributed by atoms with Gasteiger partial charge in [0, 0.05) is 17.9 Å². The summed E-state index contributed by atoms with van der Waals surface area (Å²) in [5.41, 5.74) is 3.39. The zero-order chi connectivity index (χ0) is 20.4. The quantitative estimate of drug-likeness (QED) is 0.427. The van der Waals surface area contributed by atoms with E-state index >= 15 is 0 Å². The van der Waals surface area contributed by atoms with E-state index in [1.54, 1.807) is 6.07 Å². The minimum atomic E-state index is -0.467. The van der Waals surface area contributed by atoms with Crippen LogP contribution in [0.15, 0.2) is 48.8 Å². The lowest BCUT2D eigenvalue weighted by Gasteiger charge is -2.10. The third-order valence-corrected chi connectivity index (χ3v) is 5.33. The second kappa shape index (κ2) is 8.28. The van der Waals surface area contributed by atoms with Gasteiger partial charge in [-0.05, 0) is 50.0 Å². The highest BCUT2D eigenvalue weighted by molar-refractivity contribution is 7.22. The van der Waals surface area contributed by atoms with Crippen LogP contribution < -0.4 is 10.6 Å². The molecule has 148 valence electrons. The molecule has 4 aromatic rings. The number of nitrogens with one attached hydrogen (secondary N) is 2. The highest BCUT2D eigenvalue weighted by Gasteiger charge is 2.12. The van der Waals surface area contributed by atoms with E-state index in [1.807, 2.05) is 26.2 Å². The molecule has 0 atom stereocenters. The number of benzene rings is 2. The Morgan fingerprint density at radius 3 is 2.52 bits per heavy atom. The smallest absolute Gasteiger partial charge is 0.189 e. The van der Waals surface area contributed by atoms with Gasteiger partial charge in [0.2, 0.25) is 0 Å². The van der Waals surface area contributed by atoms with Crippen LogP contribution in [0.4, 0.5) is 26.7 Å². The van der Waals surface area contributed by atoms with E-state index in [4.69, 9.17) is 11.6 Å². The first kappa shape index (κ1) is 19.5. The third-order valence-electron chi connectivity index (χ3n) is 4.08. The van der Waals surface area contributed by atoms with Crippen LogP contribution in [0.1, 0.15) is 5.56 Å². The van der Waals surface area contributed by atoms with Crippen molar-refractivity contribution in [2.45, 2.75) is 6.54 Å². The van der Waals surface area contributed by atoms with E-state index in [1.165, 1.54) is 35.4 Å². The molecule has 0 unspecified atom stereocenters. The first-order valence-electron chi connectivity index (χ1n) is 8.82. The van der Waals surface area contributed by atoms with E-state index in [0.29, 0.717) is 22.3 Å². The number of fused-ring (bicyclic) bond motifs is 1. The summed E-state index contributed by atoms with van der Waals surface area (Å²) in [5, 5.41) is 7.22. The first-order chi connectivity index (χ1) is 14.0. The lowest BCUT2D eigenvalue weighted by Crippen LogP contribution is -2.10. The van der Waals surface area contributed by atoms with E-state index in [0.717, 1.165) is 16.9 Å². The molecule has 0 radical (unpaired) electrons. The largest absolute Gasteiger partial charge is 0.339 e. The molecule has 0 saturated carbocycles. The van der Waals surface area contributed by atoms with Crippen LogP contribution >= 0.6 is 22.9 Å². The Hall–Kier alpha value is -2.81. The summed E-state index contributed by atoms with van der Waals surface area (Å²) in [5.74, 6) is 0.121. The maximum absolute atomic E-state index is 13.4. The summed E-state index contributed by atoms with van der Waals surface area (Å²) in [4.78, 5) is 15.2. The average Bonchev–Trinajstić information content (AvgIpc) is 3.09. The Kier molecular flexibility index (Phi) is 5.57. The maximum Gasteiger partial charge on any atom is 0.189 e. The second-order valence-corrected chi connectivity index (χ2v) is 8.11. The average molecular weight is 429 g/mol. The Morgan fingerprint density at radius 2 is 1.79 bits per heavy atom. The number of hydrogen-bond donors (Lipinski definition) is 2. The van der Waals surface area contributed by atoms with Crippen LogP contribution in [0.3, 0.4) is 0 Å². The Labute approximate surface area is 176 Å². The summed E-state index contributed by atoms with van der Waals surface area (Å²) < 4.78 is 14.2. The van der Waals surface area contributed by atoms with Gasteiger partial charge in [0.15, 0.2) is 16.6 Å². The van der Waals surface area contributed by atoms with E-state index < -0.39 is 5.82 Å². The van der Waals surface area contributed by atoms with Crippen molar-refractivity contribution in [2.24, 2.45) is 0 Å². The number of hydrogen-bond acceptors (Lipinski definition) is 7. The van der Waals surface area contributed by atoms with Crippen LogP contribution in [0, 0.1) is 5.82 Å². The van der Waals surface area contributed by atoms with Gasteiger partial charge < -0.3 is 15.5 Å². The lowest BCUT2D eigenvalue weighted by atomic mass is 10.2.